The quantitative estimate of drug-likeness (QED) is 0.698. The van der Waals surface area contributed by atoms with Crippen molar-refractivity contribution in [2.45, 2.75) is 38.4 Å². The molecular formula is C22H24FN5O2. The number of halogens is 1. The minimum absolute atomic E-state index is 0.0719. The number of hydrogen-bond acceptors (Lipinski definition) is 6. The van der Waals surface area contributed by atoms with Gasteiger partial charge in [-0.05, 0) is 25.0 Å². The van der Waals surface area contributed by atoms with Gasteiger partial charge in [-0.25, -0.2) is 9.37 Å². The van der Waals surface area contributed by atoms with Gasteiger partial charge in [-0.1, -0.05) is 12.1 Å². The summed E-state index contributed by atoms with van der Waals surface area (Å²) in [6.07, 6.45) is 4.82. The normalized spacial score (nSPS) is 20.9. The highest BCUT2D eigenvalue weighted by molar-refractivity contribution is 5.79. The van der Waals surface area contributed by atoms with Crippen LogP contribution in [0.2, 0.25) is 0 Å². The number of pyridine rings is 1. The largest absolute Gasteiger partial charge is 0.441 e. The number of fused-ring (bicyclic) bond motifs is 3. The first-order chi connectivity index (χ1) is 14.6. The number of carbonyl (C=O) groups excluding carboxylic acids is 1. The molecule has 2 aromatic heterocycles. The third-order valence-corrected chi connectivity index (χ3v) is 6.06. The highest BCUT2D eigenvalue weighted by Gasteiger charge is 2.42. The van der Waals surface area contributed by atoms with Gasteiger partial charge in [-0.2, -0.15) is 0 Å². The zero-order valence-electron chi connectivity index (χ0n) is 16.8. The van der Waals surface area contributed by atoms with E-state index < -0.39 is 0 Å². The molecule has 156 valence electrons. The Hall–Kier alpha value is -3.00. The maximum atomic E-state index is 14.2. The average molecular weight is 409 g/mol. The SMILES string of the molecule is Cc1nc2cccc(CNCC(=O)N3C[C@H]4CC[C@@H](C3)N4c3ccncc3F)c2o1. The van der Waals surface area contributed by atoms with Crippen LogP contribution in [0.1, 0.15) is 24.3 Å². The monoisotopic (exact) mass is 409 g/mol. The number of carbonyl (C=O) groups is 1. The van der Waals surface area contributed by atoms with Gasteiger partial charge in [0.1, 0.15) is 5.52 Å². The Morgan fingerprint density at radius 1 is 1.27 bits per heavy atom. The molecule has 1 N–H and O–H groups in total. The van der Waals surface area contributed by atoms with Crippen molar-refractivity contribution in [3.8, 4) is 0 Å². The predicted octanol–water partition coefficient (Wildman–Crippen LogP) is 2.64. The molecule has 4 heterocycles. The van der Waals surface area contributed by atoms with Crippen LogP contribution in [0.25, 0.3) is 11.1 Å². The lowest BCUT2D eigenvalue weighted by Crippen LogP contribution is -2.57. The van der Waals surface area contributed by atoms with Crippen molar-refractivity contribution in [2.75, 3.05) is 24.5 Å². The molecule has 2 aliphatic heterocycles. The first kappa shape index (κ1) is 19.0. The minimum atomic E-state index is -0.298. The molecule has 2 aliphatic rings. The number of piperazine rings is 1. The van der Waals surface area contributed by atoms with Crippen molar-refractivity contribution in [2.24, 2.45) is 0 Å². The zero-order valence-corrected chi connectivity index (χ0v) is 16.8. The van der Waals surface area contributed by atoms with E-state index in [0.29, 0.717) is 31.2 Å². The van der Waals surface area contributed by atoms with E-state index in [9.17, 15) is 9.18 Å². The summed E-state index contributed by atoms with van der Waals surface area (Å²) >= 11 is 0. The number of rotatable bonds is 5. The minimum Gasteiger partial charge on any atom is -0.441 e. The molecule has 0 aliphatic carbocycles. The molecule has 2 saturated heterocycles. The van der Waals surface area contributed by atoms with Crippen LogP contribution in [0.5, 0.6) is 0 Å². The van der Waals surface area contributed by atoms with Gasteiger partial charge in [0.05, 0.1) is 18.4 Å². The lowest BCUT2D eigenvalue weighted by Gasteiger charge is -2.42. The van der Waals surface area contributed by atoms with Gasteiger partial charge in [0.2, 0.25) is 5.91 Å². The first-order valence-corrected chi connectivity index (χ1v) is 10.3. The van der Waals surface area contributed by atoms with Crippen LogP contribution in [0.3, 0.4) is 0 Å². The van der Waals surface area contributed by atoms with Gasteiger partial charge >= 0.3 is 0 Å². The topological polar surface area (TPSA) is 74.5 Å². The Balaban J connectivity index is 1.20. The van der Waals surface area contributed by atoms with E-state index in [-0.39, 0.29) is 30.4 Å². The summed E-state index contributed by atoms with van der Waals surface area (Å²) in [5.74, 6) is 0.405. The summed E-state index contributed by atoms with van der Waals surface area (Å²) in [5, 5.41) is 3.24. The van der Waals surface area contributed by atoms with Crippen LogP contribution >= 0.6 is 0 Å². The van der Waals surface area contributed by atoms with Gasteiger partial charge < -0.3 is 19.5 Å². The molecular weight excluding hydrogens is 385 g/mol. The maximum Gasteiger partial charge on any atom is 0.236 e. The third kappa shape index (κ3) is 3.41. The van der Waals surface area contributed by atoms with Crippen LogP contribution < -0.4 is 10.2 Å². The molecule has 5 rings (SSSR count). The third-order valence-electron chi connectivity index (χ3n) is 6.06. The smallest absolute Gasteiger partial charge is 0.236 e. The lowest BCUT2D eigenvalue weighted by atomic mass is 10.1. The highest BCUT2D eigenvalue weighted by atomic mass is 19.1. The number of aryl methyl sites for hydroxylation is 1. The Bertz CT molecular complexity index is 1070. The van der Waals surface area contributed by atoms with Crippen LogP contribution in [0.4, 0.5) is 10.1 Å². The van der Waals surface area contributed by atoms with Crippen molar-refractivity contribution < 1.29 is 13.6 Å². The average Bonchev–Trinajstić information content (AvgIpc) is 3.24. The van der Waals surface area contributed by atoms with Crippen LogP contribution in [0, 0.1) is 12.7 Å². The molecule has 0 saturated carbocycles. The molecule has 2 fully saturated rings. The van der Waals surface area contributed by atoms with Crippen molar-refractivity contribution in [1.29, 1.82) is 0 Å². The van der Waals surface area contributed by atoms with Crippen LogP contribution in [-0.4, -0.2) is 52.5 Å². The van der Waals surface area contributed by atoms with Gasteiger partial charge in [0.25, 0.3) is 0 Å². The van der Waals surface area contributed by atoms with Gasteiger partial charge in [0, 0.05) is 50.4 Å². The lowest BCUT2D eigenvalue weighted by molar-refractivity contribution is -0.131. The molecule has 1 amide bonds. The molecule has 0 radical (unpaired) electrons. The molecule has 3 aromatic rings. The second-order valence-electron chi connectivity index (χ2n) is 8.02. The van der Waals surface area contributed by atoms with Crippen molar-refractivity contribution in [3.05, 3.63) is 53.9 Å². The molecule has 0 unspecified atom stereocenters. The Morgan fingerprint density at radius 3 is 2.83 bits per heavy atom. The van der Waals surface area contributed by atoms with Crippen molar-refractivity contribution >= 4 is 22.7 Å². The van der Waals surface area contributed by atoms with E-state index in [0.717, 1.165) is 29.5 Å². The number of para-hydroxylation sites is 1. The van der Waals surface area contributed by atoms with Crippen molar-refractivity contribution in [1.82, 2.24) is 20.2 Å². The molecule has 2 atom stereocenters. The molecule has 2 bridgehead atoms. The number of likely N-dealkylation sites (tertiary alicyclic amines) is 1. The molecule has 1 aromatic carbocycles. The first-order valence-electron chi connectivity index (χ1n) is 10.3. The van der Waals surface area contributed by atoms with E-state index in [1.54, 1.807) is 12.3 Å². The number of oxazole rings is 1. The summed E-state index contributed by atoms with van der Waals surface area (Å²) < 4.78 is 19.9. The fraction of sp³-hybridized carbons (Fsp3) is 0.409. The fourth-order valence-corrected chi connectivity index (χ4v) is 4.75. The number of benzene rings is 1. The molecule has 0 spiro atoms. The van der Waals surface area contributed by atoms with Gasteiger partial charge in [0.15, 0.2) is 17.3 Å². The summed E-state index contributed by atoms with van der Waals surface area (Å²) in [6.45, 7) is 3.86. The number of nitrogens with one attached hydrogen (secondary N) is 1. The van der Waals surface area contributed by atoms with E-state index >= 15 is 0 Å². The number of nitrogens with zero attached hydrogens (tertiary/aromatic N) is 4. The van der Waals surface area contributed by atoms with E-state index in [4.69, 9.17) is 4.42 Å². The standard InChI is InChI=1S/C22H24FN5O2/c1-14-26-19-4-2-3-15(22(19)30-14)9-25-11-21(29)27-12-16-5-6-17(13-27)28(16)20-7-8-24-10-18(20)23/h2-4,7-8,10,16-17,25H,5-6,9,11-13H2,1H3/t16-,17+. The number of anilines is 1. The van der Waals surface area contributed by atoms with Crippen LogP contribution in [0.15, 0.2) is 41.1 Å². The number of aromatic nitrogens is 2. The molecule has 30 heavy (non-hydrogen) atoms. The fourth-order valence-electron chi connectivity index (χ4n) is 4.75. The van der Waals surface area contributed by atoms with Crippen molar-refractivity contribution in [3.63, 3.8) is 0 Å². The molecule has 7 nitrogen and oxygen atoms in total. The molecule has 8 heteroatoms. The summed E-state index contributed by atoms with van der Waals surface area (Å²) in [5.41, 5.74) is 3.17. The Labute approximate surface area is 173 Å². The Morgan fingerprint density at radius 2 is 2.07 bits per heavy atom. The summed E-state index contributed by atoms with van der Waals surface area (Å²) in [6, 6.07) is 7.86. The van der Waals surface area contributed by atoms with Crippen LogP contribution in [-0.2, 0) is 11.3 Å². The van der Waals surface area contributed by atoms with Gasteiger partial charge in [-0.3, -0.25) is 9.78 Å². The summed E-state index contributed by atoms with van der Waals surface area (Å²) in [4.78, 5) is 25.1. The number of amides is 1. The second-order valence-corrected chi connectivity index (χ2v) is 8.02. The Kier molecular flexibility index (Phi) is 4.86. The van der Waals surface area contributed by atoms with E-state index in [1.807, 2.05) is 30.0 Å². The zero-order chi connectivity index (χ0) is 20.7. The summed E-state index contributed by atoms with van der Waals surface area (Å²) in [7, 11) is 0. The predicted molar refractivity (Wildman–Crippen MR) is 111 cm³/mol. The maximum absolute atomic E-state index is 14.2. The van der Waals surface area contributed by atoms with E-state index in [1.165, 1.54) is 6.20 Å². The van der Waals surface area contributed by atoms with E-state index in [2.05, 4.69) is 20.2 Å². The van der Waals surface area contributed by atoms with Gasteiger partial charge in [-0.15, -0.1) is 0 Å². The highest BCUT2D eigenvalue weighted by Crippen LogP contribution is 2.35. The number of hydrogen-bond donors (Lipinski definition) is 1. The second kappa shape index (κ2) is 7.68.